The normalized spacial score (nSPS) is 10.4. The van der Waals surface area contributed by atoms with E-state index >= 15 is 0 Å². The van der Waals surface area contributed by atoms with E-state index in [2.05, 4.69) is 4.98 Å². The average Bonchev–Trinajstić information content (AvgIpc) is 3.00. The fourth-order valence-electron chi connectivity index (χ4n) is 2.40. The molecule has 0 fully saturated rings. The number of esters is 1. The highest BCUT2D eigenvalue weighted by Crippen LogP contribution is 2.23. The minimum atomic E-state index is -0.337. The fraction of sp³-hybridized carbons (Fsp3) is 0.111. The van der Waals surface area contributed by atoms with Gasteiger partial charge in [0.2, 0.25) is 0 Å². The summed E-state index contributed by atoms with van der Waals surface area (Å²) in [5, 5.41) is 0. The zero-order valence-electron chi connectivity index (χ0n) is 12.3. The molecule has 22 heavy (non-hydrogen) atoms. The molecule has 3 rings (SSSR count). The zero-order chi connectivity index (χ0) is 15.4. The Morgan fingerprint density at radius 1 is 1.09 bits per heavy atom. The Morgan fingerprint density at radius 2 is 1.82 bits per heavy atom. The molecule has 0 aliphatic carbocycles. The van der Waals surface area contributed by atoms with Gasteiger partial charge in [-0.25, -0.2) is 4.79 Å². The SMILES string of the molecule is COC(=O)c1cc(-c2ccncc2)cn1Cc1ccccc1. The van der Waals surface area contributed by atoms with E-state index in [0.29, 0.717) is 12.2 Å². The Labute approximate surface area is 129 Å². The highest BCUT2D eigenvalue weighted by molar-refractivity contribution is 5.89. The van der Waals surface area contributed by atoms with Crippen LogP contribution in [-0.4, -0.2) is 22.6 Å². The first-order valence-corrected chi connectivity index (χ1v) is 7.01. The van der Waals surface area contributed by atoms with Gasteiger partial charge in [0.25, 0.3) is 0 Å². The van der Waals surface area contributed by atoms with Crippen molar-refractivity contribution in [2.75, 3.05) is 7.11 Å². The van der Waals surface area contributed by atoms with Gasteiger partial charge < -0.3 is 9.30 Å². The molecule has 0 amide bonds. The number of hydrogen-bond donors (Lipinski definition) is 0. The standard InChI is InChI=1S/C18H16N2O2/c1-22-18(21)17-11-16(15-7-9-19-10-8-15)13-20(17)12-14-5-3-2-4-6-14/h2-11,13H,12H2,1H3. The van der Waals surface area contributed by atoms with Crippen molar-refractivity contribution >= 4 is 5.97 Å². The predicted molar refractivity (Wildman–Crippen MR) is 84.5 cm³/mol. The van der Waals surface area contributed by atoms with Crippen molar-refractivity contribution in [1.29, 1.82) is 0 Å². The maximum absolute atomic E-state index is 12.0. The van der Waals surface area contributed by atoms with Crippen molar-refractivity contribution in [2.24, 2.45) is 0 Å². The van der Waals surface area contributed by atoms with Crippen LogP contribution in [0.3, 0.4) is 0 Å². The highest BCUT2D eigenvalue weighted by Gasteiger charge is 2.15. The maximum atomic E-state index is 12.0. The van der Waals surface area contributed by atoms with Gasteiger partial charge >= 0.3 is 5.97 Å². The fourth-order valence-corrected chi connectivity index (χ4v) is 2.40. The van der Waals surface area contributed by atoms with Crippen LogP contribution in [0.5, 0.6) is 0 Å². The third-order valence-electron chi connectivity index (χ3n) is 3.50. The first kappa shape index (κ1) is 14.1. The molecule has 3 aromatic rings. The molecule has 2 aromatic heterocycles. The molecule has 0 N–H and O–H groups in total. The van der Waals surface area contributed by atoms with Crippen LogP contribution in [0.25, 0.3) is 11.1 Å². The Bertz CT molecular complexity index is 764. The highest BCUT2D eigenvalue weighted by atomic mass is 16.5. The number of aromatic nitrogens is 2. The Balaban J connectivity index is 2.00. The molecule has 4 nitrogen and oxygen atoms in total. The van der Waals surface area contributed by atoms with Gasteiger partial charge in [0.15, 0.2) is 0 Å². The lowest BCUT2D eigenvalue weighted by molar-refractivity contribution is 0.0589. The molecular formula is C18H16N2O2. The van der Waals surface area contributed by atoms with Crippen molar-refractivity contribution in [3.8, 4) is 11.1 Å². The van der Waals surface area contributed by atoms with Gasteiger partial charge in [0, 0.05) is 30.7 Å². The molecule has 0 aliphatic rings. The molecule has 110 valence electrons. The molecule has 1 aromatic carbocycles. The minimum Gasteiger partial charge on any atom is -0.464 e. The van der Waals surface area contributed by atoms with Crippen LogP contribution < -0.4 is 0 Å². The number of carbonyl (C=O) groups excluding carboxylic acids is 1. The van der Waals surface area contributed by atoms with Crippen LogP contribution in [-0.2, 0) is 11.3 Å². The summed E-state index contributed by atoms with van der Waals surface area (Å²) in [7, 11) is 1.40. The number of carbonyl (C=O) groups is 1. The molecule has 0 saturated carbocycles. The van der Waals surface area contributed by atoms with E-state index in [9.17, 15) is 4.79 Å². The number of benzene rings is 1. The number of methoxy groups -OCH3 is 1. The summed E-state index contributed by atoms with van der Waals surface area (Å²) in [6.45, 7) is 0.621. The number of pyridine rings is 1. The van der Waals surface area contributed by atoms with E-state index in [1.54, 1.807) is 12.4 Å². The summed E-state index contributed by atoms with van der Waals surface area (Å²) < 4.78 is 6.81. The van der Waals surface area contributed by atoms with E-state index in [4.69, 9.17) is 4.74 Å². The number of hydrogen-bond acceptors (Lipinski definition) is 3. The van der Waals surface area contributed by atoms with E-state index in [-0.39, 0.29) is 5.97 Å². The lowest BCUT2D eigenvalue weighted by Gasteiger charge is -2.07. The summed E-state index contributed by atoms with van der Waals surface area (Å²) >= 11 is 0. The molecule has 4 heteroatoms. The van der Waals surface area contributed by atoms with Gasteiger partial charge in [-0.2, -0.15) is 0 Å². The second-order valence-corrected chi connectivity index (χ2v) is 4.95. The van der Waals surface area contributed by atoms with Crippen LogP contribution in [0.15, 0.2) is 67.1 Å². The second-order valence-electron chi connectivity index (χ2n) is 4.95. The number of ether oxygens (including phenoxy) is 1. The van der Waals surface area contributed by atoms with Crippen LogP contribution >= 0.6 is 0 Å². The smallest absolute Gasteiger partial charge is 0.354 e. The molecule has 0 radical (unpaired) electrons. The summed E-state index contributed by atoms with van der Waals surface area (Å²) in [6, 6.07) is 15.7. The Morgan fingerprint density at radius 3 is 2.50 bits per heavy atom. The third-order valence-corrected chi connectivity index (χ3v) is 3.50. The van der Waals surface area contributed by atoms with Crippen LogP contribution in [0.2, 0.25) is 0 Å². The minimum absolute atomic E-state index is 0.337. The van der Waals surface area contributed by atoms with Gasteiger partial charge in [-0.05, 0) is 29.3 Å². The summed E-state index contributed by atoms with van der Waals surface area (Å²) in [6.07, 6.45) is 5.44. The molecule has 2 heterocycles. The van der Waals surface area contributed by atoms with Crippen molar-refractivity contribution in [2.45, 2.75) is 6.54 Å². The topological polar surface area (TPSA) is 44.1 Å². The first-order valence-electron chi connectivity index (χ1n) is 7.01. The first-order chi connectivity index (χ1) is 10.8. The van der Waals surface area contributed by atoms with Crippen molar-refractivity contribution in [1.82, 2.24) is 9.55 Å². The van der Waals surface area contributed by atoms with Crippen molar-refractivity contribution in [3.05, 3.63) is 78.4 Å². The van der Waals surface area contributed by atoms with Gasteiger partial charge in [-0.3, -0.25) is 4.98 Å². The molecule has 0 unspecified atom stereocenters. The van der Waals surface area contributed by atoms with E-state index in [0.717, 1.165) is 16.7 Å². The van der Waals surface area contributed by atoms with Crippen molar-refractivity contribution in [3.63, 3.8) is 0 Å². The molecule has 0 aliphatic heterocycles. The number of nitrogens with zero attached hydrogens (tertiary/aromatic N) is 2. The zero-order valence-corrected chi connectivity index (χ0v) is 12.3. The van der Waals surface area contributed by atoms with E-state index in [1.165, 1.54) is 7.11 Å². The lowest BCUT2D eigenvalue weighted by atomic mass is 10.1. The van der Waals surface area contributed by atoms with Crippen LogP contribution in [0.4, 0.5) is 0 Å². The van der Waals surface area contributed by atoms with E-state index in [1.807, 2.05) is 59.3 Å². The molecule has 0 bridgehead atoms. The van der Waals surface area contributed by atoms with Gasteiger partial charge in [0.05, 0.1) is 7.11 Å². The van der Waals surface area contributed by atoms with E-state index < -0.39 is 0 Å². The summed E-state index contributed by atoms with van der Waals surface area (Å²) in [5.41, 5.74) is 3.66. The van der Waals surface area contributed by atoms with Gasteiger partial charge in [0.1, 0.15) is 5.69 Å². The Hall–Kier alpha value is -2.88. The average molecular weight is 292 g/mol. The molecular weight excluding hydrogens is 276 g/mol. The maximum Gasteiger partial charge on any atom is 0.354 e. The Kier molecular flexibility index (Phi) is 4.01. The largest absolute Gasteiger partial charge is 0.464 e. The second kappa shape index (κ2) is 6.26. The molecule has 0 saturated heterocycles. The third kappa shape index (κ3) is 2.91. The summed E-state index contributed by atoms with van der Waals surface area (Å²) in [4.78, 5) is 16.0. The van der Waals surface area contributed by atoms with Crippen LogP contribution in [0, 0.1) is 0 Å². The predicted octanol–water partition coefficient (Wildman–Crippen LogP) is 3.39. The molecule has 0 atom stereocenters. The van der Waals surface area contributed by atoms with Crippen molar-refractivity contribution < 1.29 is 9.53 Å². The lowest BCUT2D eigenvalue weighted by Crippen LogP contribution is -2.10. The number of rotatable bonds is 4. The monoisotopic (exact) mass is 292 g/mol. The van der Waals surface area contributed by atoms with Gasteiger partial charge in [-0.1, -0.05) is 30.3 Å². The summed E-state index contributed by atoms with van der Waals surface area (Å²) in [5.74, 6) is -0.337. The molecule has 0 spiro atoms. The quantitative estimate of drug-likeness (QED) is 0.692. The van der Waals surface area contributed by atoms with Gasteiger partial charge in [-0.15, -0.1) is 0 Å². The van der Waals surface area contributed by atoms with Crippen LogP contribution in [0.1, 0.15) is 16.1 Å².